The van der Waals surface area contributed by atoms with Crippen LogP contribution < -0.4 is 0 Å². The van der Waals surface area contributed by atoms with Crippen molar-refractivity contribution in [3.63, 3.8) is 0 Å². The highest BCUT2D eigenvalue weighted by Gasteiger charge is 2.42. The average Bonchev–Trinajstić information content (AvgIpc) is 2.52. The minimum atomic E-state index is -1.01. The highest BCUT2D eigenvalue weighted by Crippen LogP contribution is 2.40. The van der Waals surface area contributed by atoms with Crippen LogP contribution in [-0.2, 0) is 10.3 Å². The molecule has 0 bridgehead atoms. The van der Waals surface area contributed by atoms with Gasteiger partial charge in [-0.3, -0.25) is 0 Å². The van der Waals surface area contributed by atoms with Gasteiger partial charge in [0.25, 0.3) is 0 Å². The normalized spacial score (nSPS) is 30.8. The van der Waals surface area contributed by atoms with Crippen LogP contribution in [0.4, 0.5) is 0 Å². The predicted octanol–water partition coefficient (Wildman–Crippen LogP) is 2.99. The van der Waals surface area contributed by atoms with Gasteiger partial charge in [-0.1, -0.05) is 23.2 Å². The smallest absolute Gasteiger partial charge is 0.119 e. The van der Waals surface area contributed by atoms with E-state index in [1.165, 1.54) is 0 Å². The third kappa shape index (κ3) is 1.87. The van der Waals surface area contributed by atoms with Gasteiger partial charge < -0.3 is 9.84 Å². The number of hydrogen-bond acceptors (Lipinski definition) is 2. The molecule has 82 valence electrons. The Morgan fingerprint density at radius 1 is 1.47 bits per heavy atom. The van der Waals surface area contributed by atoms with Crippen LogP contribution in [0.2, 0.25) is 10.0 Å². The molecule has 1 aliphatic rings. The summed E-state index contributed by atoms with van der Waals surface area (Å²) in [6.45, 7) is 2.38. The van der Waals surface area contributed by atoms with Crippen molar-refractivity contribution >= 4 is 23.2 Å². The van der Waals surface area contributed by atoms with E-state index in [1.54, 1.807) is 18.2 Å². The summed E-state index contributed by atoms with van der Waals surface area (Å²) in [6.07, 6.45) is 0.294. The fraction of sp³-hybridized carbons (Fsp3) is 0.455. The van der Waals surface area contributed by atoms with Crippen molar-refractivity contribution < 1.29 is 9.84 Å². The van der Waals surface area contributed by atoms with Crippen LogP contribution in [0.15, 0.2) is 18.2 Å². The first kappa shape index (κ1) is 11.2. The summed E-state index contributed by atoms with van der Waals surface area (Å²) in [5, 5.41) is 11.6. The molecule has 2 unspecified atom stereocenters. The van der Waals surface area contributed by atoms with Crippen molar-refractivity contribution in [2.75, 3.05) is 6.61 Å². The first-order valence-corrected chi connectivity index (χ1v) is 5.59. The van der Waals surface area contributed by atoms with Crippen LogP contribution in [-0.4, -0.2) is 17.8 Å². The van der Waals surface area contributed by atoms with Gasteiger partial charge in [0.2, 0.25) is 0 Å². The molecule has 15 heavy (non-hydrogen) atoms. The maximum Gasteiger partial charge on any atom is 0.119 e. The zero-order valence-corrected chi connectivity index (χ0v) is 9.85. The Balaban J connectivity index is 2.48. The molecule has 0 spiro atoms. The van der Waals surface area contributed by atoms with Gasteiger partial charge >= 0.3 is 0 Å². The second-order valence-electron chi connectivity index (χ2n) is 3.81. The Kier molecular flexibility index (Phi) is 2.95. The van der Waals surface area contributed by atoms with Crippen molar-refractivity contribution in [1.29, 1.82) is 0 Å². The van der Waals surface area contributed by atoms with E-state index >= 15 is 0 Å². The van der Waals surface area contributed by atoms with Crippen molar-refractivity contribution in [1.82, 2.24) is 0 Å². The van der Waals surface area contributed by atoms with E-state index < -0.39 is 5.60 Å². The van der Waals surface area contributed by atoms with E-state index in [4.69, 9.17) is 27.9 Å². The lowest BCUT2D eigenvalue weighted by Gasteiger charge is -2.27. The Hall–Kier alpha value is -0.280. The molecule has 1 heterocycles. The second-order valence-corrected chi connectivity index (χ2v) is 4.66. The summed E-state index contributed by atoms with van der Waals surface area (Å²) in [5.41, 5.74) is -0.358. The van der Waals surface area contributed by atoms with Crippen molar-refractivity contribution in [3.05, 3.63) is 33.8 Å². The fourth-order valence-electron chi connectivity index (χ4n) is 1.92. The average molecular weight is 247 g/mol. The van der Waals surface area contributed by atoms with Gasteiger partial charge in [0, 0.05) is 22.0 Å². The van der Waals surface area contributed by atoms with Gasteiger partial charge in [-0.05, 0) is 25.1 Å². The van der Waals surface area contributed by atoms with E-state index in [1.807, 2.05) is 6.92 Å². The summed E-state index contributed by atoms with van der Waals surface area (Å²) in [6, 6.07) is 5.11. The molecule has 1 N–H and O–H groups in total. The zero-order valence-electron chi connectivity index (χ0n) is 8.34. The molecule has 0 radical (unpaired) electrons. The highest BCUT2D eigenvalue weighted by molar-refractivity contribution is 6.33. The lowest BCUT2D eigenvalue weighted by Crippen LogP contribution is -2.33. The minimum absolute atomic E-state index is 0.256. The van der Waals surface area contributed by atoms with E-state index in [-0.39, 0.29) is 6.10 Å². The predicted molar refractivity (Wildman–Crippen MR) is 60.4 cm³/mol. The molecule has 0 aliphatic carbocycles. The molecule has 2 atom stereocenters. The van der Waals surface area contributed by atoms with Gasteiger partial charge in [-0.15, -0.1) is 0 Å². The van der Waals surface area contributed by atoms with Crippen LogP contribution >= 0.6 is 23.2 Å². The van der Waals surface area contributed by atoms with Crippen LogP contribution in [0, 0.1) is 0 Å². The summed E-state index contributed by atoms with van der Waals surface area (Å²) < 4.78 is 5.37. The fourth-order valence-corrected chi connectivity index (χ4v) is 2.37. The topological polar surface area (TPSA) is 29.5 Å². The van der Waals surface area contributed by atoms with Crippen LogP contribution in [0.5, 0.6) is 0 Å². The Morgan fingerprint density at radius 2 is 2.20 bits per heavy atom. The molecule has 1 aromatic rings. The largest absolute Gasteiger partial charge is 0.382 e. The van der Waals surface area contributed by atoms with Gasteiger partial charge in [0.1, 0.15) is 5.60 Å². The number of benzene rings is 1. The SMILES string of the molecule is CC1OCCC1(O)c1cc(Cl)ccc1Cl. The number of hydrogen-bond donors (Lipinski definition) is 1. The molecule has 1 aromatic carbocycles. The molecule has 2 nitrogen and oxygen atoms in total. The minimum Gasteiger partial charge on any atom is -0.382 e. The number of aliphatic hydroxyl groups is 1. The quantitative estimate of drug-likeness (QED) is 0.826. The Morgan fingerprint density at radius 3 is 2.80 bits per heavy atom. The van der Waals surface area contributed by atoms with Gasteiger partial charge in [-0.2, -0.15) is 0 Å². The second kappa shape index (κ2) is 3.95. The number of halogens is 2. The first-order chi connectivity index (χ1) is 7.04. The van der Waals surface area contributed by atoms with Gasteiger partial charge in [0.05, 0.1) is 12.7 Å². The molecule has 2 rings (SSSR count). The van der Waals surface area contributed by atoms with E-state index in [9.17, 15) is 5.11 Å². The van der Waals surface area contributed by atoms with Gasteiger partial charge in [-0.25, -0.2) is 0 Å². The van der Waals surface area contributed by atoms with Crippen molar-refractivity contribution in [2.24, 2.45) is 0 Å². The van der Waals surface area contributed by atoms with Crippen LogP contribution in [0.1, 0.15) is 18.9 Å². The Bertz CT molecular complexity index is 381. The summed E-state index contributed by atoms with van der Waals surface area (Å²) in [4.78, 5) is 0. The van der Waals surface area contributed by atoms with Crippen molar-refractivity contribution in [3.8, 4) is 0 Å². The van der Waals surface area contributed by atoms with Crippen molar-refractivity contribution in [2.45, 2.75) is 25.0 Å². The van der Waals surface area contributed by atoms with E-state index in [2.05, 4.69) is 0 Å². The molecule has 0 amide bonds. The maximum atomic E-state index is 10.5. The highest BCUT2D eigenvalue weighted by atomic mass is 35.5. The zero-order chi connectivity index (χ0) is 11.1. The number of ether oxygens (including phenoxy) is 1. The molecule has 4 heteroatoms. The monoisotopic (exact) mass is 246 g/mol. The maximum absolute atomic E-state index is 10.5. The third-order valence-corrected chi connectivity index (χ3v) is 3.48. The summed E-state index contributed by atoms with van der Waals surface area (Å²) >= 11 is 12.0. The standard InChI is InChI=1S/C11H12Cl2O2/c1-7-11(14,4-5-15-7)9-6-8(12)2-3-10(9)13/h2-3,6-7,14H,4-5H2,1H3. The molecule has 1 aliphatic heterocycles. The third-order valence-electron chi connectivity index (χ3n) is 2.92. The number of rotatable bonds is 1. The molecule has 1 fully saturated rings. The van der Waals surface area contributed by atoms with E-state index in [0.717, 1.165) is 0 Å². The lowest BCUT2D eigenvalue weighted by molar-refractivity contribution is -0.0316. The Labute approximate surface area is 98.8 Å². The molecular formula is C11H12Cl2O2. The van der Waals surface area contributed by atoms with E-state index in [0.29, 0.717) is 28.6 Å². The van der Waals surface area contributed by atoms with Gasteiger partial charge in [0.15, 0.2) is 0 Å². The summed E-state index contributed by atoms with van der Waals surface area (Å²) in [5.74, 6) is 0. The first-order valence-electron chi connectivity index (χ1n) is 4.83. The van der Waals surface area contributed by atoms with Crippen LogP contribution in [0.25, 0.3) is 0 Å². The molecule has 1 saturated heterocycles. The van der Waals surface area contributed by atoms with Crippen LogP contribution in [0.3, 0.4) is 0 Å². The summed E-state index contributed by atoms with van der Waals surface area (Å²) in [7, 11) is 0. The molecule has 0 saturated carbocycles. The lowest BCUT2D eigenvalue weighted by atomic mass is 9.88. The molecule has 0 aromatic heterocycles. The molecular weight excluding hydrogens is 235 g/mol.